The van der Waals surface area contributed by atoms with Crippen molar-refractivity contribution in [1.82, 2.24) is 24.5 Å². The van der Waals surface area contributed by atoms with Gasteiger partial charge in [0, 0.05) is 50.6 Å². The molecule has 10 rings (SSSR count). The molecule has 50 heavy (non-hydrogen) atoms. The van der Waals surface area contributed by atoms with Crippen molar-refractivity contribution in [1.29, 1.82) is 0 Å². The van der Waals surface area contributed by atoms with Gasteiger partial charge in [-0.25, -0.2) is 15.0 Å². The molecule has 0 saturated carbocycles. The van der Waals surface area contributed by atoms with Gasteiger partial charge in [0.15, 0.2) is 17.5 Å². The highest BCUT2D eigenvalue weighted by Crippen LogP contribution is 2.41. The standard InChI is InChI=1S/C44H27N5O/c1-3-13-28(14-4-1)29-15-11-16-30(25-29)42-46-43(48-44(47-42)36-21-9-10-24-45-36)33-20-12-23-39-41(33)35-26-34-32-19-7-8-22-37(32)49(31-17-5-2-6-18-31)38(34)27-40(35)50-39/h1-27H. The molecule has 234 valence electrons. The monoisotopic (exact) mass is 641 g/mol. The van der Waals surface area contributed by atoms with Crippen molar-refractivity contribution in [3.05, 3.63) is 164 Å². The maximum Gasteiger partial charge on any atom is 0.182 e. The van der Waals surface area contributed by atoms with Crippen molar-refractivity contribution in [3.63, 3.8) is 0 Å². The molecule has 6 nitrogen and oxygen atoms in total. The minimum Gasteiger partial charge on any atom is -0.456 e. The maximum absolute atomic E-state index is 6.61. The Hall–Kier alpha value is -6.92. The van der Waals surface area contributed by atoms with Crippen LogP contribution in [0.1, 0.15) is 0 Å². The molecule has 6 aromatic carbocycles. The quantitative estimate of drug-likeness (QED) is 0.187. The number of rotatable bonds is 5. The number of aromatic nitrogens is 5. The molecule has 0 aliphatic rings. The fourth-order valence-corrected chi connectivity index (χ4v) is 7.03. The Bertz CT molecular complexity index is 2860. The highest BCUT2D eigenvalue weighted by Gasteiger charge is 2.21. The van der Waals surface area contributed by atoms with E-state index in [0.717, 1.165) is 66.3 Å². The van der Waals surface area contributed by atoms with Crippen molar-refractivity contribution < 1.29 is 4.42 Å². The smallest absolute Gasteiger partial charge is 0.182 e. The summed E-state index contributed by atoms with van der Waals surface area (Å²) in [7, 11) is 0. The summed E-state index contributed by atoms with van der Waals surface area (Å²) < 4.78 is 8.91. The van der Waals surface area contributed by atoms with E-state index in [0.29, 0.717) is 23.2 Å². The van der Waals surface area contributed by atoms with Crippen LogP contribution in [0.25, 0.3) is 94.9 Å². The molecule has 6 heteroatoms. The Morgan fingerprint density at radius 1 is 0.440 bits per heavy atom. The van der Waals surface area contributed by atoms with Crippen LogP contribution in [0.2, 0.25) is 0 Å². The lowest BCUT2D eigenvalue weighted by Gasteiger charge is -2.10. The number of para-hydroxylation sites is 2. The van der Waals surface area contributed by atoms with E-state index in [-0.39, 0.29) is 0 Å². The molecular formula is C44H27N5O. The Morgan fingerprint density at radius 2 is 1.16 bits per heavy atom. The van der Waals surface area contributed by atoms with Crippen molar-refractivity contribution >= 4 is 43.7 Å². The summed E-state index contributed by atoms with van der Waals surface area (Å²) in [6.07, 6.45) is 1.76. The molecule has 10 aromatic rings. The predicted molar refractivity (Wildman–Crippen MR) is 201 cm³/mol. The summed E-state index contributed by atoms with van der Waals surface area (Å²) in [5.41, 5.74) is 9.56. The van der Waals surface area contributed by atoms with Crippen molar-refractivity contribution in [2.24, 2.45) is 0 Å². The van der Waals surface area contributed by atoms with Crippen LogP contribution in [0, 0.1) is 0 Å². The summed E-state index contributed by atoms with van der Waals surface area (Å²) in [6, 6.07) is 53.9. The van der Waals surface area contributed by atoms with E-state index in [1.165, 1.54) is 5.39 Å². The van der Waals surface area contributed by atoms with Gasteiger partial charge in [0.1, 0.15) is 16.9 Å². The van der Waals surface area contributed by atoms with Gasteiger partial charge in [-0.05, 0) is 59.7 Å². The zero-order valence-corrected chi connectivity index (χ0v) is 26.7. The van der Waals surface area contributed by atoms with Crippen LogP contribution in [-0.4, -0.2) is 24.5 Å². The predicted octanol–water partition coefficient (Wildman–Crippen LogP) is 10.9. The molecule has 0 spiro atoms. The lowest BCUT2D eigenvalue weighted by molar-refractivity contribution is 0.669. The molecular weight excluding hydrogens is 615 g/mol. The number of fused-ring (bicyclic) bond motifs is 6. The van der Waals surface area contributed by atoms with Crippen molar-refractivity contribution in [2.75, 3.05) is 0 Å². The average Bonchev–Trinajstić information content (AvgIpc) is 3.72. The van der Waals surface area contributed by atoms with Gasteiger partial charge in [-0.3, -0.25) is 4.98 Å². The molecule has 0 aliphatic carbocycles. The second-order valence-corrected chi connectivity index (χ2v) is 12.3. The fraction of sp³-hybridized carbons (Fsp3) is 0. The molecule has 0 radical (unpaired) electrons. The third kappa shape index (κ3) is 4.58. The fourth-order valence-electron chi connectivity index (χ4n) is 7.03. The Morgan fingerprint density at radius 3 is 2.02 bits per heavy atom. The van der Waals surface area contributed by atoms with E-state index in [4.69, 9.17) is 19.4 Å². The molecule has 4 aromatic heterocycles. The van der Waals surface area contributed by atoms with Gasteiger partial charge in [-0.2, -0.15) is 0 Å². The van der Waals surface area contributed by atoms with E-state index in [1.54, 1.807) is 6.20 Å². The third-order valence-corrected chi connectivity index (χ3v) is 9.30. The first-order chi connectivity index (χ1) is 24.8. The molecule has 0 bridgehead atoms. The topological polar surface area (TPSA) is 69.6 Å². The molecule has 0 aliphatic heterocycles. The van der Waals surface area contributed by atoms with Crippen LogP contribution in [0.3, 0.4) is 0 Å². The molecule has 0 N–H and O–H groups in total. The first-order valence-corrected chi connectivity index (χ1v) is 16.6. The van der Waals surface area contributed by atoms with E-state index in [2.05, 4.69) is 101 Å². The summed E-state index contributed by atoms with van der Waals surface area (Å²) in [6.45, 7) is 0. The van der Waals surface area contributed by atoms with Crippen LogP contribution in [0.5, 0.6) is 0 Å². The first kappa shape index (κ1) is 28.1. The minimum absolute atomic E-state index is 0.508. The van der Waals surface area contributed by atoms with Gasteiger partial charge in [0.05, 0.1) is 11.0 Å². The summed E-state index contributed by atoms with van der Waals surface area (Å²) in [4.78, 5) is 19.7. The highest BCUT2D eigenvalue weighted by molar-refractivity contribution is 6.19. The van der Waals surface area contributed by atoms with Gasteiger partial charge in [-0.15, -0.1) is 0 Å². The molecule has 0 amide bonds. The van der Waals surface area contributed by atoms with E-state index >= 15 is 0 Å². The summed E-state index contributed by atoms with van der Waals surface area (Å²) >= 11 is 0. The Kier molecular flexibility index (Phi) is 6.39. The molecule has 0 atom stereocenters. The van der Waals surface area contributed by atoms with E-state index < -0.39 is 0 Å². The molecule has 0 unspecified atom stereocenters. The average molecular weight is 642 g/mol. The first-order valence-electron chi connectivity index (χ1n) is 16.6. The van der Waals surface area contributed by atoms with Crippen LogP contribution in [0.4, 0.5) is 0 Å². The van der Waals surface area contributed by atoms with Gasteiger partial charge in [-0.1, -0.05) is 103 Å². The number of pyridine rings is 1. The van der Waals surface area contributed by atoms with Crippen LogP contribution in [0.15, 0.2) is 168 Å². The number of hydrogen-bond donors (Lipinski definition) is 0. The maximum atomic E-state index is 6.61. The third-order valence-electron chi connectivity index (χ3n) is 9.30. The van der Waals surface area contributed by atoms with Gasteiger partial charge >= 0.3 is 0 Å². The van der Waals surface area contributed by atoms with Gasteiger partial charge < -0.3 is 8.98 Å². The second kappa shape index (κ2) is 11.4. The van der Waals surface area contributed by atoms with Crippen molar-refractivity contribution in [2.45, 2.75) is 0 Å². The molecule has 0 saturated heterocycles. The van der Waals surface area contributed by atoms with Crippen LogP contribution < -0.4 is 0 Å². The minimum atomic E-state index is 0.508. The number of nitrogens with zero attached hydrogens (tertiary/aromatic N) is 5. The Balaban J connectivity index is 1.22. The zero-order chi connectivity index (χ0) is 33.0. The lowest BCUT2D eigenvalue weighted by atomic mass is 10.0. The van der Waals surface area contributed by atoms with Gasteiger partial charge in [0.25, 0.3) is 0 Å². The van der Waals surface area contributed by atoms with Crippen LogP contribution >= 0.6 is 0 Å². The molecule has 4 heterocycles. The van der Waals surface area contributed by atoms with Crippen molar-refractivity contribution in [3.8, 4) is 51.1 Å². The number of benzene rings is 6. The summed E-state index contributed by atoms with van der Waals surface area (Å²) in [5, 5.41) is 4.30. The second-order valence-electron chi connectivity index (χ2n) is 12.3. The van der Waals surface area contributed by atoms with E-state index in [9.17, 15) is 0 Å². The zero-order valence-electron chi connectivity index (χ0n) is 26.7. The van der Waals surface area contributed by atoms with Gasteiger partial charge in [0.2, 0.25) is 0 Å². The number of hydrogen-bond acceptors (Lipinski definition) is 5. The summed E-state index contributed by atoms with van der Waals surface area (Å²) in [5.74, 6) is 1.64. The largest absolute Gasteiger partial charge is 0.456 e. The SMILES string of the molecule is c1ccc(-c2cccc(-c3nc(-c4ccccn4)nc(-c4cccc5oc6cc7c(cc6c45)c4ccccc4n7-c4ccccc4)n3)c2)cc1. The Labute approximate surface area is 287 Å². The molecule has 0 fully saturated rings. The normalized spacial score (nSPS) is 11.6. The number of furan rings is 1. The highest BCUT2D eigenvalue weighted by atomic mass is 16.3. The van der Waals surface area contributed by atoms with Crippen LogP contribution in [-0.2, 0) is 0 Å². The van der Waals surface area contributed by atoms with E-state index in [1.807, 2.05) is 66.7 Å². The lowest BCUT2D eigenvalue weighted by Crippen LogP contribution is -2.01.